The van der Waals surface area contributed by atoms with Crippen molar-refractivity contribution in [2.75, 3.05) is 5.32 Å². The lowest BCUT2D eigenvalue weighted by molar-refractivity contribution is -0.385. The predicted molar refractivity (Wildman–Crippen MR) is 104 cm³/mol. The van der Waals surface area contributed by atoms with Crippen molar-refractivity contribution in [1.82, 2.24) is 0 Å². The molecule has 0 saturated heterocycles. The molecule has 3 aromatic carbocycles. The minimum absolute atomic E-state index is 0.0239. The average Bonchev–Trinajstić information content (AvgIpc) is 2.65. The number of hydrogen-bond acceptors (Lipinski definition) is 5. The van der Waals surface area contributed by atoms with Crippen LogP contribution in [0.5, 0.6) is 5.75 Å². The van der Waals surface area contributed by atoms with E-state index in [0.29, 0.717) is 16.3 Å². The fraction of sp³-hybridized carbons (Fsp3) is 0.0526. The molecule has 0 atom stereocenters. The third kappa shape index (κ3) is 4.90. The first-order chi connectivity index (χ1) is 12.9. The highest BCUT2D eigenvalue weighted by molar-refractivity contribution is 7.99. The number of non-ortho nitro benzene ring substituents is 1. The predicted octanol–water partition coefficient (Wildman–Crippen LogP) is 5.86. The van der Waals surface area contributed by atoms with E-state index in [1.54, 1.807) is 18.2 Å². The Hall–Kier alpha value is -2.77. The Morgan fingerprint density at radius 3 is 2.52 bits per heavy atom. The summed E-state index contributed by atoms with van der Waals surface area (Å²) < 4.78 is 13.5. The van der Waals surface area contributed by atoms with Crippen LogP contribution in [0.1, 0.15) is 5.56 Å². The molecule has 0 unspecified atom stereocenters. The monoisotopic (exact) mass is 404 g/mol. The number of anilines is 1. The standard InChI is InChI=1S/C19H14ClFN2O3S/c20-13-1-5-16(6-2-13)27-19-8-4-15(23(25)26)9-12(19)11-22-14-3-7-18(24)17(21)10-14/h1-10,22,24H,11H2. The molecule has 0 aliphatic carbocycles. The quantitative estimate of drug-likeness (QED) is 0.306. The third-order valence-corrected chi connectivity index (χ3v) is 5.11. The Labute approximate surface area is 163 Å². The Bertz CT molecular complexity index is 983. The molecule has 27 heavy (non-hydrogen) atoms. The number of halogens is 2. The van der Waals surface area contributed by atoms with Gasteiger partial charge in [-0.15, -0.1) is 0 Å². The smallest absolute Gasteiger partial charge is 0.269 e. The van der Waals surface area contributed by atoms with Gasteiger partial charge in [0.15, 0.2) is 11.6 Å². The number of nitro groups is 1. The summed E-state index contributed by atoms with van der Waals surface area (Å²) in [6.45, 7) is 0.252. The van der Waals surface area contributed by atoms with Crippen LogP contribution in [0.3, 0.4) is 0 Å². The van der Waals surface area contributed by atoms with Gasteiger partial charge in [0.05, 0.1) is 4.92 Å². The maximum atomic E-state index is 13.5. The first kappa shape index (κ1) is 19.0. The molecule has 2 N–H and O–H groups in total. The van der Waals surface area contributed by atoms with E-state index in [9.17, 15) is 19.6 Å². The van der Waals surface area contributed by atoms with Gasteiger partial charge in [-0.25, -0.2) is 4.39 Å². The topological polar surface area (TPSA) is 75.4 Å². The van der Waals surface area contributed by atoms with E-state index in [2.05, 4.69) is 5.32 Å². The highest BCUT2D eigenvalue weighted by atomic mass is 35.5. The number of nitro benzene ring substituents is 1. The molecule has 0 aromatic heterocycles. The van der Waals surface area contributed by atoms with Gasteiger partial charge in [0.25, 0.3) is 5.69 Å². The molecule has 0 fully saturated rings. The minimum atomic E-state index is -0.741. The molecular weight excluding hydrogens is 391 g/mol. The second-order valence-corrected chi connectivity index (χ2v) is 7.18. The van der Waals surface area contributed by atoms with Gasteiger partial charge in [0.1, 0.15) is 0 Å². The van der Waals surface area contributed by atoms with Crippen LogP contribution in [0.4, 0.5) is 15.8 Å². The van der Waals surface area contributed by atoms with E-state index >= 15 is 0 Å². The first-order valence-electron chi connectivity index (χ1n) is 7.85. The van der Waals surface area contributed by atoms with E-state index in [1.807, 2.05) is 12.1 Å². The van der Waals surface area contributed by atoms with Crippen LogP contribution in [0, 0.1) is 15.9 Å². The van der Waals surface area contributed by atoms with Crippen molar-refractivity contribution in [1.29, 1.82) is 0 Å². The fourth-order valence-electron chi connectivity index (χ4n) is 2.36. The zero-order chi connectivity index (χ0) is 19.4. The summed E-state index contributed by atoms with van der Waals surface area (Å²) in [5, 5.41) is 24.0. The van der Waals surface area contributed by atoms with Crippen LogP contribution in [0.25, 0.3) is 0 Å². The van der Waals surface area contributed by atoms with Crippen LogP contribution >= 0.6 is 23.4 Å². The van der Waals surface area contributed by atoms with Crippen molar-refractivity contribution in [3.63, 3.8) is 0 Å². The molecule has 0 aliphatic rings. The number of hydrogen-bond donors (Lipinski definition) is 2. The van der Waals surface area contributed by atoms with E-state index in [4.69, 9.17) is 11.6 Å². The highest BCUT2D eigenvalue weighted by Gasteiger charge is 2.12. The lowest BCUT2D eigenvalue weighted by Gasteiger charge is -2.12. The largest absolute Gasteiger partial charge is 0.505 e. The summed E-state index contributed by atoms with van der Waals surface area (Å²) in [5.41, 5.74) is 1.13. The van der Waals surface area contributed by atoms with Crippen LogP contribution in [-0.2, 0) is 6.54 Å². The van der Waals surface area contributed by atoms with Crippen LogP contribution in [0.2, 0.25) is 5.02 Å². The van der Waals surface area contributed by atoms with Gasteiger partial charge in [-0.1, -0.05) is 23.4 Å². The molecular formula is C19H14ClFN2O3S. The van der Waals surface area contributed by atoms with E-state index < -0.39 is 16.5 Å². The molecule has 3 rings (SSSR count). The Morgan fingerprint density at radius 1 is 1.11 bits per heavy atom. The lowest BCUT2D eigenvalue weighted by atomic mass is 10.2. The molecule has 0 bridgehead atoms. The molecule has 3 aromatic rings. The second-order valence-electron chi connectivity index (χ2n) is 5.62. The third-order valence-electron chi connectivity index (χ3n) is 3.73. The maximum Gasteiger partial charge on any atom is 0.269 e. The normalized spacial score (nSPS) is 10.6. The Balaban J connectivity index is 1.85. The summed E-state index contributed by atoms with van der Waals surface area (Å²) in [6.07, 6.45) is 0. The average molecular weight is 405 g/mol. The SMILES string of the molecule is O=[N+]([O-])c1ccc(Sc2ccc(Cl)cc2)c(CNc2ccc(O)c(F)c2)c1. The molecule has 0 aliphatic heterocycles. The number of aromatic hydroxyl groups is 1. The number of nitrogens with one attached hydrogen (secondary N) is 1. The molecule has 138 valence electrons. The van der Waals surface area contributed by atoms with Crippen molar-refractivity contribution < 1.29 is 14.4 Å². The molecule has 0 spiro atoms. The van der Waals surface area contributed by atoms with Crippen molar-refractivity contribution in [3.05, 3.63) is 87.2 Å². The first-order valence-corrected chi connectivity index (χ1v) is 9.05. The second kappa shape index (κ2) is 8.28. The van der Waals surface area contributed by atoms with Crippen molar-refractivity contribution in [2.45, 2.75) is 16.3 Å². The number of nitrogens with zero attached hydrogens (tertiary/aromatic N) is 1. The summed E-state index contributed by atoms with van der Waals surface area (Å²) in [5.74, 6) is -1.18. The molecule has 0 saturated carbocycles. The summed E-state index contributed by atoms with van der Waals surface area (Å²) in [7, 11) is 0. The summed E-state index contributed by atoms with van der Waals surface area (Å²) >= 11 is 7.35. The summed E-state index contributed by atoms with van der Waals surface area (Å²) in [6, 6.07) is 15.8. The van der Waals surface area contributed by atoms with Gasteiger partial charge in [0, 0.05) is 45.2 Å². The molecule has 0 amide bonds. The molecule has 8 heteroatoms. The van der Waals surface area contributed by atoms with Gasteiger partial charge in [0.2, 0.25) is 0 Å². The van der Waals surface area contributed by atoms with Crippen LogP contribution < -0.4 is 5.32 Å². The van der Waals surface area contributed by atoms with Gasteiger partial charge in [-0.3, -0.25) is 10.1 Å². The Kier molecular flexibility index (Phi) is 5.83. The van der Waals surface area contributed by atoms with E-state index in [-0.39, 0.29) is 12.2 Å². The molecule has 5 nitrogen and oxygen atoms in total. The summed E-state index contributed by atoms with van der Waals surface area (Å²) in [4.78, 5) is 12.4. The van der Waals surface area contributed by atoms with Crippen LogP contribution in [-0.4, -0.2) is 10.0 Å². The molecule has 0 radical (unpaired) electrons. The Morgan fingerprint density at radius 2 is 1.85 bits per heavy atom. The zero-order valence-corrected chi connectivity index (χ0v) is 15.4. The number of rotatable bonds is 6. The zero-order valence-electron chi connectivity index (χ0n) is 13.9. The van der Waals surface area contributed by atoms with Gasteiger partial charge in [-0.2, -0.15) is 0 Å². The van der Waals surface area contributed by atoms with Crippen molar-refractivity contribution in [3.8, 4) is 5.75 Å². The van der Waals surface area contributed by atoms with Crippen molar-refractivity contribution >= 4 is 34.7 Å². The van der Waals surface area contributed by atoms with Gasteiger partial charge in [-0.05, 0) is 48.0 Å². The van der Waals surface area contributed by atoms with Gasteiger partial charge < -0.3 is 10.4 Å². The number of phenolic OH excluding ortho intramolecular Hbond substituents is 1. The highest BCUT2D eigenvalue weighted by Crippen LogP contribution is 2.33. The van der Waals surface area contributed by atoms with Crippen molar-refractivity contribution in [2.24, 2.45) is 0 Å². The molecule has 0 heterocycles. The number of phenols is 1. The van der Waals surface area contributed by atoms with Crippen LogP contribution in [0.15, 0.2) is 70.5 Å². The van der Waals surface area contributed by atoms with E-state index in [0.717, 1.165) is 9.79 Å². The van der Waals surface area contributed by atoms with E-state index in [1.165, 1.54) is 42.1 Å². The maximum absolute atomic E-state index is 13.5. The lowest BCUT2D eigenvalue weighted by Crippen LogP contribution is -2.02. The number of benzene rings is 3. The fourth-order valence-corrected chi connectivity index (χ4v) is 3.41. The van der Waals surface area contributed by atoms with Gasteiger partial charge >= 0.3 is 0 Å². The minimum Gasteiger partial charge on any atom is -0.505 e.